The van der Waals surface area contributed by atoms with Crippen LogP contribution in [0, 0.1) is 5.82 Å². The van der Waals surface area contributed by atoms with Crippen LogP contribution >= 0.6 is 0 Å². The van der Waals surface area contributed by atoms with E-state index in [1.807, 2.05) is 32.0 Å². The fourth-order valence-electron chi connectivity index (χ4n) is 1.86. The van der Waals surface area contributed by atoms with E-state index in [4.69, 9.17) is 4.74 Å². The maximum absolute atomic E-state index is 14.0. The molecule has 1 aromatic carbocycles. The number of ether oxygens (including phenoxy) is 1. The van der Waals surface area contributed by atoms with Crippen molar-refractivity contribution in [2.24, 2.45) is 0 Å². The maximum Gasteiger partial charge on any atom is 0.212 e. The SMILES string of the molecule is COc1ccc(-c2ccc(CNC(C)C)c(F)c2)cn1. The Morgan fingerprint density at radius 1 is 1.20 bits per heavy atom. The topological polar surface area (TPSA) is 34.1 Å². The Bertz CT molecular complexity index is 567. The van der Waals surface area contributed by atoms with E-state index in [0.717, 1.165) is 11.1 Å². The number of halogens is 1. The van der Waals surface area contributed by atoms with Crippen LogP contribution in [0.2, 0.25) is 0 Å². The van der Waals surface area contributed by atoms with Crippen LogP contribution in [0.25, 0.3) is 11.1 Å². The lowest BCUT2D eigenvalue weighted by molar-refractivity contribution is 0.398. The fraction of sp³-hybridized carbons (Fsp3) is 0.312. The van der Waals surface area contributed by atoms with Crippen LogP contribution in [0.3, 0.4) is 0 Å². The van der Waals surface area contributed by atoms with Gasteiger partial charge in [0.1, 0.15) is 5.82 Å². The Morgan fingerprint density at radius 2 is 1.95 bits per heavy atom. The summed E-state index contributed by atoms with van der Waals surface area (Å²) < 4.78 is 19.1. The number of methoxy groups -OCH3 is 1. The third-order valence-electron chi connectivity index (χ3n) is 3.03. The van der Waals surface area contributed by atoms with Crippen molar-refractivity contribution in [3.8, 4) is 17.0 Å². The van der Waals surface area contributed by atoms with E-state index < -0.39 is 0 Å². The van der Waals surface area contributed by atoms with E-state index in [9.17, 15) is 4.39 Å². The van der Waals surface area contributed by atoms with Gasteiger partial charge in [-0.05, 0) is 17.7 Å². The van der Waals surface area contributed by atoms with Crippen LogP contribution in [0.15, 0.2) is 36.5 Å². The van der Waals surface area contributed by atoms with Crippen LogP contribution in [0.5, 0.6) is 5.88 Å². The van der Waals surface area contributed by atoms with Gasteiger partial charge < -0.3 is 10.1 Å². The average molecular weight is 274 g/mol. The van der Waals surface area contributed by atoms with Crippen LogP contribution in [0.1, 0.15) is 19.4 Å². The Labute approximate surface area is 118 Å². The van der Waals surface area contributed by atoms with Crippen molar-refractivity contribution in [1.29, 1.82) is 0 Å². The van der Waals surface area contributed by atoms with Gasteiger partial charge in [0, 0.05) is 36.0 Å². The zero-order chi connectivity index (χ0) is 14.5. The highest BCUT2D eigenvalue weighted by atomic mass is 19.1. The second-order valence-electron chi connectivity index (χ2n) is 4.93. The number of hydrogen-bond donors (Lipinski definition) is 1. The van der Waals surface area contributed by atoms with E-state index in [2.05, 4.69) is 10.3 Å². The van der Waals surface area contributed by atoms with Gasteiger partial charge in [0.2, 0.25) is 5.88 Å². The normalized spacial score (nSPS) is 10.8. The molecule has 1 aromatic heterocycles. The third-order valence-corrected chi connectivity index (χ3v) is 3.03. The summed E-state index contributed by atoms with van der Waals surface area (Å²) in [5.74, 6) is 0.346. The highest BCUT2D eigenvalue weighted by Crippen LogP contribution is 2.22. The monoisotopic (exact) mass is 274 g/mol. The number of rotatable bonds is 5. The van der Waals surface area contributed by atoms with Crippen LogP contribution in [-0.2, 0) is 6.54 Å². The first-order chi connectivity index (χ1) is 9.60. The molecule has 0 fully saturated rings. The Morgan fingerprint density at radius 3 is 2.50 bits per heavy atom. The lowest BCUT2D eigenvalue weighted by atomic mass is 10.0. The smallest absolute Gasteiger partial charge is 0.212 e. The van der Waals surface area contributed by atoms with E-state index in [0.29, 0.717) is 24.0 Å². The van der Waals surface area contributed by atoms with Crippen LogP contribution in [0.4, 0.5) is 4.39 Å². The number of pyridine rings is 1. The van der Waals surface area contributed by atoms with Gasteiger partial charge in [-0.15, -0.1) is 0 Å². The first-order valence-electron chi connectivity index (χ1n) is 6.62. The molecule has 0 atom stereocenters. The van der Waals surface area contributed by atoms with Crippen molar-refractivity contribution in [2.75, 3.05) is 7.11 Å². The molecule has 2 aromatic rings. The summed E-state index contributed by atoms with van der Waals surface area (Å²) >= 11 is 0. The molecule has 0 unspecified atom stereocenters. The molecule has 0 aliphatic heterocycles. The lowest BCUT2D eigenvalue weighted by Gasteiger charge is -2.10. The minimum Gasteiger partial charge on any atom is -0.481 e. The molecule has 0 bridgehead atoms. The van der Waals surface area contributed by atoms with E-state index in [1.165, 1.54) is 0 Å². The van der Waals surface area contributed by atoms with Gasteiger partial charge in [-0.3, -0.25) is 0 Å². The first kappa shape index (κ1) is 14.5. The summed E-state index contributed by atoms with van der Waals surface area (Å²) in [6, 6.07) is 9.23. The quantitative estimate of drug-likeness (QED) is 0.907. The predicted molar refractivity (Wildman–Crippen MR) is 78.2 cm³/mol. The van der Waals surface area contributed by atoms with E-state index in [-0.39, 0.29) is 5.82 Å². The average Bonchev–Trinajstić information content (AvgIpc) is 2.46. The lowest BCUT2D eigenvalue weighted by Crippen LogP contribution is -2.22. The maximum atomic E-state index is 14.0. The molecule has 0 radical (unpaired) electrons. The van der Waals surface area contributed by atoms with Gasteiger partial charge in [0.15, 0.2) is 0 Å². The van der Waals surface area contributed by atoms with Crippen molar-refractivity contribution >= 4 is 0 Å². The number of aromatic nitrogens is 1. The molecule has 0 aliphatic carbocycles. The predicted octanol–water partition coefficient (Wildman–Crippen LogP) is 3.39. The molecule has 20 heavy (non-hydrogen) atoms. The molecule has 0 spiro atoms. The molecule has 0 amide bonds. The second kappa shape index (κ2) is 6.48. The Balaban J connectivity index is 2.19. The van der Waals surface area contributed by atoms with E-state index >= 15 is 0 Å². The second-order valence-corrected chi connectivity index (χ2v) is 4.93. The Kier molecular flexibility index (Phi) is 4.69. The summed E-state index contributed by atoms with van der Waals surface area (Å²) in [5, 5.41) is 3.21. The highest BCUT2D eigenvalue weighted by molar-refractivity contribution is 5.63. The molecule has 4 heteroatoms. The molecule has 3 nitrogen and oxygen atoms in total. The number of hydrogen-bond acceptors (Lipinski definition) is 3. The highest BCUT2D eigenvalue weighted by Gasteiger charge is 2.06. The first-order valence-corrected chi connectivity index (χ1v) is 6.62. The number of nitrogens with one attached hydrogen (secondary N) is 1. The Hall–Kier alpha value is -1.94. The molecule has 1 heterocycles. The van der Waals surface area contributed by atoms with Crippen LogP contribution in [-0.4, -0.2) is 18.1 Å². The van der Waals surface area contributed by atoms with Gasteiger partial charge in [0.05, 0.1) is 7.11 Å². The van der Waals surface area contributed by atoms with Gasteiger partial charge >= 0.3 is 0 Å². The molecule has 1 N–H and O–H groups in total. The zero-order valence-corrected chi connectivity index (χ0v) is 12.0. The minimum atomic E-state index is -0.202. The molecule has 0 saturated heterocycles. The summed E-state index contributed by atoms with van der Waals surface area (Å²) in [5.41, 5.74) is 2.35. The number of benzene rings is 1. The molecular weight excluding hydrogens is 255 g/mol. The van der Waals surface area contributed by atoms with Crippen molar-refractivity contribution < 1.29 is 9.13 Å². The molecule has 106 valence electrons. The zero-order valence-electron chi connectivity index (χ0n) is 12.0. The fourth-order valence-corrected chi connectivity index (χ4v) is 1.86. The standard InChI is InChI=1S/C16H19FN2O/c1-11(2)18-10-14-5-4-12(8-15(14)17)13-6-7-16(20-3)19-9-13/h4-9,11,18H,10H2,1-3H3. The third kappa shape index (κ3) is 3.54. The number of nitrogens with zero attached hydrogens (tertiary/aromatic N) is 1. The summed E-state index contributed by atoms with van der Waals surface area (Å²) in [7, 11) is 1.57. The minimum absolute atomic E-state index is 0.202. The molecular formula is C16H19FN2O. The van der Waals surface area contributed by atoms with Gasteiger partial charge in [-0.25, -0.2) is 9.37 Å². The van der Waals surface area contributed by atoms with Crippen LogP contribution < -0.4 is 10.1 Å². The summed E-state index contributed by atoms with van der Waals surface area (Å²) in [6.07, 6.45) is 1.68. The van der Waals surface area contributed by atoms with Crippen molar-refractivity contribution in [2.45, 2.75) is 26.4 Å². The largest absolute Gasteiger partial charge is 0.481 e. The molecule has 0 aliphatic rings. The van der Waals surface area contributed by atoms with Gasteiger partial charge in [-0.1, -0.05) is 26.0 Å². The summed E-state index contributed by atoms with van der Waals surface area (Å²) in [4.78, 5) is 4.13. The van der Waals surface area contributed by atoms with Gasteiger partial charge in [0.25, 0.3) is 0 Å². The van der Waals surface area contributed by atoms with Gasteiger partial charge in [-0.2, -0.15) is 0 Å². The molecule has 2 rings (SSSR count). The van der Waals surface area contributed by atoms with Crippen molar-refractivity contribution in [3.63, 3.8) is 0 Å². The van der Waals surface area contributed by atoms with Crippen molar-refractivity contribution in [3.05, 3.63) is 47.9 Å². The van der Waals surface area contributed by atoms with Crippen molar-refractivity contribution in [1.82, 2.24) is 10.3 Å². The van der Waals surface area contributed by atoms with E-state index in [1.54, 1.807) is 25.4 Å². The summed E-state index contributed by atoms with van der Waals surface area (Å²) in [6.45, 7) is 4.61. The molecule has 0 saturated carbocycles.